The molecule has 0 aromatic heterocycles. The van der Waals surface area contributed by atoms with E-state index in [0.717, 1.165) is 12.2 Å². The molecular formula is C14H23NO3S. The summed E-state index contributed by atoms with van der Waals surface area (Å²) in [6.07, 6.45) is 0. The molecule has 1 aromatic rings. The van der Waals surface area contributed by atoms with Gasteiger partial charge in [-0.15, -0.1) is 0 Å². The normalized spacial score (nSPS) is 12.5. The highest BCUT2D eigenvalue weighted by Gasteiger charge is 2.18. The predicted molar refractivity (Wildman–Crippen MR) is 78.4 cm³/mol. The smallest absolute Gasteiger partial charge is 0.178 e. The second-order valence-corrected chi connectivity index (χ2v) is 7.50. The molecule has 4 nitrogen and oxygen atoms in total. The minimum absolute atomic E-state index is 0.105. The van der Waals surface area contributed by atoms with E-state index in [1.807, 2.05) is 11.8 Å². The molecule has 0 bridgehead atoms. The Bertz CT molecular complexity index is 500. The Hall–Kier alpha value is -1.07. The quantitative estimate of drug-likeness (QED) is 0.869. The van der Waals surface area contributed by atoms with Crippen LogP contribution in [-0.2, 0) is 9.84 Å². The number of likely N-dealkylation sites (N-methyl/N-ethyl adjacent to an activating group) is 1. The van der Waals surface area contributed by atoms with E-state index in [1.54, 1.807) is 45.0 Å². The SMILES string of the molecule is CCN(CC(C)(C)O)c1ccc(S(=O)(=O)CC)cc1. The molecule has 0 atom stereocenters. The van der Waals surface area contributed by atoms with Crippen LogP contribution in [0.4, 0.5) is 5.69 Å². The van der Waals surface area contributed by atoms with Crippen molar-refractivity contribution in [2.45, 2.75) is 38.2 Å². The molecule has 0 aliphatic carbocycles. The lowest BCUT2D eigenvalue weighted by atomic mass is 10.1. The standard InChI is InChI=1S/C14H23NO3S/c1-5-15(11-14(3,4)16)12-7-9-13(10-8-12)19(17,18)6-2/h7-10,16H,5-6,11H2,1-4H3. The van der Waals surface area contributed by atoms with Crippen LogP contribution in [0.5, 0.6) is 0 Å². The Morgan fingerprint density at radius 1 is 1.16 bits per heavy atom. The summed E-state index contributed by atoms with van der Waals surface area (Å²) in [5, 5.41) is 9.86. The van der Waals surface area contributed by atoms with Crippen LogP contribution >= 0.6 is 0 Å². The van der Waals surface area contributed by atoms with E-state index in [2.05, 4.69) is 0 Å². The van der Waals surface area contributed by atoms with Gasteiger partial charge in [-0.1, -0.05) is 6.92 Å². The second kappa shape index (κ2) is 5.92. The van der Waals surface area contributed by atoms with E-state index in [0.29, 0.717) is 11.4 Å². The first kappa shape index (κ1) is 16.0. The number of benzene rings is 1. The Morgan fingerprint density at radius 2 is 1.68 bits per heavy atom. The Labute approximate surface area is 116 Å². The van der Waals surface area contributed by atoms with Crippen molar-refractivity contribution in [1.82, 2.24) is 0 Å². The van der Waals surface area contributed by atoms with Crippen LogP contribution in [0.2, 0.25) is 0 Å². The van der Waals surface area contributed by atoms with Gasteiger partial charge in [0.15, 0.2) is 9.84 Å². The van der Waals surface area contributed by atoms with Crippen LogP contribution in [0.15, 0.2) is 29.2 Å². The third kappa shape index (κ3) is 4.51. The number of rotatable bonds is 6. The van der Waals surface area contributed by atoms with Gasteiger partial charge in [0, 0.05) is 18.8 Å². The zero-order chi connectivity index (χ0) is 14.7. The number of nitrogens with zero attached hydrogens (tertiary/aromatic N) is 1. The van der Waals surface area contributed by atoms with Gasteiger partial charge in [0.05, 0.1) is 16.2 Å². The highest BCUT2D eigenvalue weighted by atomic mass is 32.2. The van der Waals surface area contributed by atoms with Crippen molar-refractivity contribution in [2.24, 2.45) is 0 Å². The highest BCUT2D eigenvalue weighted by molar-refractivity contribution is 7.91. The summed E-state index contributed by atoms with van der Waals surface area (Å²) >= 11 is 0. The minimum Gasteiger partial charge on any atom is -0.389 e. The first-order valence-corrected chi connectivity index (χ1v) is 8.15. The molecule has 0 fully saturated rings. The lowest BCUT2D eigenvalue weighted by molar-refractivity contribution is 0.0876. The molecular weight excluding hydrogens is 262 g/mol. The third-order valence-corrected chi connectivity index (χ3v) is 4.65. The van der Waals surface area contributed by atoms with Gasteiger partial charge in [-0.2, -0.15) is 0 Å². The molecule has 0 aliphatic heterocycles. The van der Waals surface area contributed by atoms with E-state index in [1.165, 1.54) is 0 Å². The molecule has 1 aromatic carbocycles. The summed E-state index contributed by atoms with van der Waals surface area (Å²) in [5.74, 6) is 0.105. The van der Waals surface area contributed by atoms with Crippen molar-refractivity contribution in [3.8, 4) is 0 Å². The summed E-state index contributed by atoms with van der Waals surface area (Å²) < 4.78 is 23.5. The minimum atomic E-state index is -3.15. The molecule has 0 radical (unpaired) electrons. The van der Waals surface area contributed by atoms with Crippen molar-refractivity contribution in [2.75, 3.05) is 23.7 Å². The zero-order valence-electron chi connectivity index (χ0n) is 12.0. The number of anilines is 1. The number of hydrogen-bond acceptors (Lipinski definition) is 4. The van der Waals surface area contributed by atoms with Gasteiger partial charge in [-0.3, -0.25) is 0 Å². The van der Waals surface area contributed by atoms with Crippen LogP contribution in [-0.4, -0.2) is 38.0 Å². The van der Waals surface area contributed by atoms with Crippen molar-refractivity contribution < 1.29 is 13.5 Å². The maximum Gasteiger partial charge on any atom is 0.178 e. The van der Waals surface area contributed by atoms with Crippen LogP contribution < -0.4 is 4.90 Å². The topological polar surface area (TPSA) is 57.6 Å². The first-order valence-electron chi connectivity index (χ1n) is 6.49. The summed E-state index contributed by atoms with van der Waals surface area (Å²) in [7, 11) is -3.15. The highest BCUT2D eigenvalue weighted by Crippen LogP contribution is 2.20. The monoisotopic (exact) mass is 285 g/mol. The third-order valence-electron chi connectivity index (χ3n) is 2.90. The van der Waals surface area contributed by atoms with Crippen LogP contribution in [0.3, 0.4) is 0 Å². The maximum atomic E-state index is 11.7. The lowest BCUT2D eigenvalue weighted by Gasteiger charge is -2.30. The predicted octanol–water partition coefficient (Wildman–Crippen LogP) is 2.08. The number of aliphatic hydroxyl groups is 1. The average Bonchev–Trinajstić information content (AvgIpc) is 2.35. The van der Waals surface area contributed by atoms with Gasteiger partial charge in [-0.25, -0.2) is 8.42 Å². The molecule has 108 valence electrons. The molecule has 19 heavy (non-hydrogen) atoms. The van der Waals surface area contributed by atoms with Gasteiger partial charge in [-0.05, 0) is 45.0 Å². The van der Waals surface area contributed by atoms with Crippen molar-refractivity contribution in [3.05, 3.63) is 24.3 Å². The van der Waals surface area contributed by atoms with Crippen molar-refractivity contribution in [1.29, 1.82) is 0 Å². The molecule has 0 saturated carbocycles. The van der Waals surface area contributed by atoms with E-state index in [-0.39, 0.29) is 5.75 Å². The average molecular weight is 285 g/mol. The molecule has 1 N–H and O–H groups in total. The van der Waals surface area contributed by atoms with Crippen LogP contribution in [0, 0.1) is 0 Å². The lowest BCUT2D eigenvalue weighted by Crippen LogP contribution is -2.38. The Kier molecular flexibility index (Phi) is 4.98. The van der Waals surface area contributed by atoms with Gasteiger partial charge < -0.3 is 10.0 Å². The van der Waals surface area contributed by atoms with Crippen molar-refractivity contribution in [3.63, 3.8) is 0 Å². The molecule has 0 heterocycles. The Morgan fingerprint density at radius 3 is 2.05 bits per heavy atom. The van der Waals surface area contributed by atoms with E-state index in [4.69, 9.17) is 0 Å². The van der Waals surface area contributed by atoms with Gasteiger partial charge in [0.2, 0.25) is 0 Å². The summed E-state index contributed by atoms with van der Waals surface area (Å²) in [6, 6.07) is 6.83. The number of hydrogen-bond donors (Lipinski definition) is 1. The van der Waals surface area contributed by atoms with Crippen LogP contribution in [0.1, 0.15) is 27.7 Å². The zero-order valence-corrected chi connectivity index (χ0v) is 12.9. The van der Waals surface area contributed by atoms with Gasteiger partial charge >= 0.3 is 0 Å². The molecule has 5 heteroatoms. The van der Waals surface area contributed by atoms with Gasteiger partial charge in [0.1, 0.15) is 0 Å². The molecule has 0 unspecified atom stereocenters. The van der Waals surface area contributed by atoms with Crippen molar-refractivity contribution >= 4 is 15.5 Å². The first-order chi connectivity index (χ1) is 8.69. The van der Waals surface area contributed by atoms with E-state index < -0.39 is 15.4 Å². The van der Waals surface area contributed by atoms with E-state index in [9.17, 15) is 13.5 Å². The molecule has 0 aliphatic rings. The summed E-state index contributed by atoms with van der Waals surface area (Å²) in [6.45, 7) is 8.41. The van der Waals surface area contributed by atoms with Gasteiger partial charge in [0.25, 0.3) is 0 Å². The largest absolute Gasteiger partial charge is 0.389 e. The maximum absolute atomic E-state index is 11.7. The fourth-order valence-electron chi connectivity index (χ4n) is 1.88. The molecule has 0 spiro atoms. The molecule has 0 amide bonds. The second-order valence-electron chi connectivity index (χ2n) is 5.22. The number of sulfone groups is 1. The summed E-state index contributed by atoms with van der Waals surface area (Å²) in [4.78, 5) is 2.36. The molecule has 0 saturated heterocycles. The fourth-order valence-corrected chi connectivity index (χ4v) is 2.77. The molecule has 1 rings (SSSR count). The fraction of sp³-hybridized carbons (Fsp3) is 0.571. The van der Waals surface area contributed by atoms with E-state index >= 15 is 0 Å². The summed E-state index contributed by atoms with van der Waals surface area (Å²) in [5.41, 5.74) is 0.129. The van der Waals surface area contributed by atoms with Crippen LogP contribution in [0.25, 0.3) is 0 Å². The Balaban J connectivity index is 2.97.